The van der Waals surface area contributed by atoms with Crippen LogP contribution < -0.4 is 10.4 Å². The molecule has 1 fully saturated rings. The summed E-state index contributed by atoms with van der Waals surface area (Å²) in [4.78, 5) is 37.3. The summed E-state index contributed by atoms with van der Waals surface area (Å²) in [6.45, 7) is 0.949. The number of nitrogens with zero attached hydrogens (tertiary/aromatic N) is 2. The fourth-order valence-corrected chi connectivity index (χ4v) is 3.72. The van der Waals surface area contributed by atoms with Gasteiger partial charge >= 0.3 is 11.6 Å². The van der Waals surface area contributed by atoms with E-state index in [9.17, 15) is 19.6 Å². The normalized spacial score (nSPS) is 15.2. The van der Waals surface area contributed by atoms with Crippen molar-refractivity contribution in [1.29, 1.82) is 5.26 Å². The summed E-state index contributed by atoms with van der Waals surface area (Å²) in [6.07, 6.45) is 4.09. The van der Waals surface area contributed by atoms with Crippen molar-refractivity contribution in [1.82, 2.24) is 4.90 Å². The highest BCUT2D eigenvalue weighted by molar-refractivity contribution is 5.82. The maximum Gasteiger partial charge on any atom is 0.344 e. The molecule has 2 aromatic rings. The molecule has 0 saturated heterocycles. The second kappa shape index (κ2) is 8.99. The van der Waals surface area contributed by atoms with E-state index in [4.69, 9.17) is 13.9 Å². The molecule has 1 heterocycles. The van der Waals surface area contributed by atoms with E-state index in [1.807, 2.05) is 0 Å². The van der Waals surface area contributed by atoms with E-state index in [1.54, 1.807) is 26.1 Å². The molecule has 1 saturated carbocycles. The maximum absolute atomic E-state index is 12.4. The highest BCUT2D eigenvalue weighted by Gasteiger charge is 2.38. The highest BCUT2D eigenvalue weighted by Crippen LogP contribution is 2.32. The smallest absolute Gasteiger partial charge is 0.344 e. The van der Waals surface area contributed by atoms with Gasteiger partial charge in [0.25, 0.3) is 5.91 Å². The number of hydrogen-bond acceptors (Lipinski definition) is 7. The van der Waals surface area contributed by atoms with E-state index in [-0.39, 0.29) is 0 Å². The lowest BCUT2D eigenvalue weighted by atomic mass is 9.81. The van der Waals surface area contributed by atoms with E-state index in [0.29, 0.717) is 24.2 Å². The van der Waals surface area contributed by atoms with Crippen LogP contribution in [0.5, 0.6) is 5.75 Å². The van der Waals surface area contributed by atoms with Gasteiger partial charge in [0.15, 0.2) is 13.2 Å². The van der Waals surface area contributed by atoms with Crippen LogP contribution in [0.25, 0.3) is 11.0 Å². The van der Waals surface area contributed by atoms with Crippen LogP contribution in [-0.2, 0) is 14.3 Å². The lowest BCUT2D eigenvalue weighted by Crippen LogP contribution is -2.51. The third-order valence-corrected chi connectivity index (χ3v) is 5.54. The number of carbonyl (C=O) groups is 2. The summed E-state index contributed by atoms with van der Waals surface area (Å²) < 4.78 is 15.6. The van der Waals surface area contributed by atoms with Crippen LogP contribution in [0.3, 0.4) is 0 Å². The minimum Gasteiger partial charge on any atom is -0.482 e. The van der Waals surface area contributed by atoms with Crippen molar-refractivity contribution in [3.8, 4) is 11.8 Å². The first kappa shape index (κ1) is 21.4. The number of likely N-dealkylation sites (N-methyl/N-ethyl adjacent to an activating group) is 1. The van der Waals surface area contributed by atoms with Gasteiger partial charge in [0.05, 0.1) is 6.07 Å². The molecule has 1 aromatic heterocycles. The molecule has 30 heavy (non-hydrogen) atoms. The van der Waals surface area contributed by atoms with Crippen LogP contribution >= 0.6 is 0 Å². The second-order valence-electron chi connectivity index (χ2n) is 7.51. The molecule has 0 radical (unpaired) electrons. The largest absolute Gasteiger partial charge is 0.482 e. The van der Waals surface area contributed by atoms with Gasteiger partial charge in [-0.15, -0.1) is 0 Å². The molecule has 8 heteroatoms. The Bertz CT molecular complexity index is 1050. The third kappa shape index (κ3) is 4.62. The summed E-state index contributed by atoms with van der Waals surface area (Å²) in [5, 5.41) is 10.3. The van der Waals surface area contributed by atoms with Gasteiger partial charge in [-0.3, -0.25) is 4.79 Å². The fraction of sp³-hybridized carbons (Fsp3) is 0.455. The van der Waals surface area contributed by atoms with Crippen molar-refractivity contribution < 1.29 is 23.5 Å². The van der Waals surface area contributed by atoms with Gasteiger partial charge in [-0.25, -0.2) is 9.59 Å². The molecule has 0 bridgehead atoms. The molecular weight excluding hydrogens is 388 g/mol. The molecule has 0 spiro atoms. The number of nitriles is 1. The Balaban J connectivity index is 1.53. The lowest BCUT2D eigenvalue weighted by molar-refractivity contribution is -0.155. The number of rotatable bonds is 6. The van der Waals surface area contributed by atoms with Crippen LogP contribution in [-0.4, -0.2) is 42.6 Å². The van der Waals surface area contributed by atoms with Crippen molar-refractivity contribution in [2.45, 2.75) is 44.6 Å². The van der Waals surface area contributed by atoms with Gasteiger partial charge < -0.3 is 18.8 Å². The molecule has 0 N–H and O–H groups in total. The van der Waals surface area contributed by atoms with E-state index >= 15 is 0 Å². The zero-order chi connectivity index (χ0) is 21.7. The Morgan fingerprint density at radius 2 is 1.93 bits per heavy atom. The third-order valence-electron chi connectivity index (χ3n) is 5.54. The van der Waals surface area contributed by atoms with Gasteiger partial charge in [-0.1, -0.05) is 19.3 Å². The van der Waals surface area contributed by atoms with Crippen molar-refractivity contribution >= 4 is 22.8 Å². The zero-order valence-electron chi connectivity index (χ0n) is 17.1. The SMILES string of the molecule is Cc1cc(=O)oc2cc(OCC(=O)OCC(=O)N(C)C3(C#N)CCCCC3)ccc12. The monoisotopic (exact) mass is 412 g/mol. The standard InChI is InChI=1S/C22H24N2O6/c1-15-10-20(26)30-18-11-16(6-7-17(15)18)28-13-21(27)29-12-19(25)24(2)22(14-23)8-4-3-5-9-22/h6-7,10-11H,3-5,8-9,12-13H2,1-2H3. The molecule has 1 aromatic carbocycles. The molecule has 1 aliphatic rings. The molecular formula is C22H24N2O6. The maximum atomic E-state index is 12.4. The quantitative estimate of drug-likeness (QED) is 0.530. The number of ether oxygens (including phenoxy) is 2. The van der Waals surface area contributed by atoms with Gasteiger partial charge in [0, 0.05) is 24.6 Å². The second-order valence-corrected chi connectivity index (χ2v) is 7.51. The Morgan fingerprint density at radius 3 is 2.63 bits per heavy atom. The number of amides is 1. The summed E-state index contributed by atoms with van der Waals surface area (Å²) in [5.41, 5.74) is -0.155. The summed E-state index contributed by atoms with van der Waals surface area (Å²) >= 11 is 0. The van der Waals surface area contributed by atoms with Gasteiger partial charge in [-0.2, -0.15) is 5.26 Å². The van der Waals surface area contributed by atoms with Crippen LogP contribution in [0.2, 0.25) is 0 Å². The van der Waals surface area contributed by atoms with E-state index in [0.717, 1.165) is 30.2 Å². The average Bonchev–Trinajstić information content (AvgIpc) is 2.75. The number of fused-ring (bicyclic) bond motifs is 1. The van der Waals surface area contributed by atoms with Gasteiger partial charge in [-0.05, 0) is 37.5 Å². The minimum atomic E-state index is -0.828. The predicted molar refractivity (Wildman–Crippen MR) is 108 cm³/mol. The van der Waals surface area contributed by atoms with Crippen LogP contribution in [0.4, 0.5) is 0 Å². The Kier molecular flexibility index (Phi) is 6.40. The first-order valence-electron chi connectivity index (χ1n) is 9.85. The Labute approximate surface area is 174 Å². The number of hydrogen-bond donors (Lipinski definition) is 0. The van der Waals surface area contributed by atoms with Crippen LogP contribution in [0.1, 0.15) is 37.7 Å². The van der Waals surface area contributed by atoms with Crippen molar-refractivity contribution in [2.24, 2.45) is 0 Å². The number of carbonyl (C=O) groups excluding carboxylic acids is 2. The Morgan fingerprint density at radius 1 is 1.20 bits per heavy atom. The van der Waals surface area contributed by atoms with Gasteiger partial charge in [0.2, 0.25) is 0 Å². The lowest BCUT2D eigenvalue weighted by Gasteiger charge is -2.38. The molecule has 3 rings (SSSR count). The first-order valence-corrected chi connectivity index (χ1v) is 9.85. The fourth-order valence-electron chi connectivity index (χ4n) is 3.72. The predicted octanol–water partition coefficient (Wildman–Crippen LogP) is 2.71. The first-order chi connectivity index (χ1) is 14.3. The topological polar surface area (TPSA) is 110 Å². The molecule has 1 amide bonds. The van der Waals surface area contributed by atoms with E-state index in [2.05, 4.69) is 6.07 Å². The van der Waals surface area contributed by atoms with Crippen molar-refractivity contribution in [3.63, 3.8) is 0 Å². The zero-order valence-corrected chi connectivity index (χ0v) is 17.1. The summed E-state index contributed by atoms with van der Waals surface area (Å²) in [6, 6.07) is 8.58. The van der Waals surface area contributed by atoms with Gasteiger partial charge in [0.1, 0.15) is 16.9 Å². The average molecular weight is 412 g/mol. The molecule has 0 unspecified atom stereocenters. The molecule has 158 valence electrons. The highest BCUT2D eigenvalue weighted by atomic mass is 16.6. The van der Waals surface area contributed by atoms with Crippen molar-refractivity contribution in [2.75, 3.05) is 20.3 Å². The van der Waals surface area contributed by atoms with Crippen LogP contribution in [0.15, 0.2) is 33.5 Å². The Hall–Kier alpha value is -3.34. The van der Waals surface area contributed by atoms with E-state index < -0.39 is 36.3 Å². The van der Waals surface area contributed by atoms with Crippen molar-refractivity contribution in [3.05, 3.63) is 40.2 Å². The molecule has 0 atom stereocenters. The molecule has 8 nitrogen and oxygen atoms in total. The number of benzene rings is 1. The summed E-state index contributed by atoms with van der Waals surface area (Å²) in [7, 11) is 1.58. The number of esters is 1. The van der Waals surface area contributed by atoms with Crippen LogP contribution in [0, 0.1) is 18.3 Å². The molecule has 1 aliphatic carbocycles. The van der Waals surface area contributed by atoms with E-state index in [1.165, 1.54) is 17.0 Å². The molecule has 0 aliphatic heterocycles. The number of aryl methyl sites for hydroxylation is 1. The summed E-state index contributed by atoms with van der Waals surface area (Å²) in [5.74, 6) is -0.797. The minimum absolute atomic E-state index is 0.335.